The molecule has 0 aliphatic carbocycles. The summed E-state index contributed by atoms with van der Waals surface area (Å²) in [6.45, 7) is 1.27. The summed E-state index contributed by atoms with van der Waals surface area (Å²) in [5.41, 5.74) is 0.310. The van der Waals surface area contributed by atoms with Gasteiger partial charge in [-0.1, -0.05) is 25.1 Å². The molecule has 138 valence electrons. The van der Waals surface area contributed by atoms with Gasteiger partial charge in [0.15, 0.2) is 18.8 Å². The number of carbonyl (C=O) groups excluding carboxylic acids is 4. The third kappa shape index (κ3) is 5.33. The Balaban J connectivity index is 1.93. The van der Waals surface area contributed by atoms with Gasteiger partial charge in [0.1, 0.15) is 0 Å². The number of esters is 1. The van der Waals surface area contributed by atoms with Crippen LogP contribution in [0, 0.1) is 0 Å². The number of imide groups is 1. The van der Waals surface area contributed by atoms with E-state index in [4.69, 9.17) is 9.47 Å². The number of anilines is 1. The molecule has 26 heavy (non-hydrogen) atoms. The molecule has 0 saturated carbocycles. The Kier molecular flexibility index (Phi) is 6.72. The Bertz CT molecular complexity index is 729. The van der Waals surface area contributed by atoms with Crippen molar-refractivity contribution in [3.63, 3.8) is 0 Å². The van der Waals surface area contributed by atoms with E-state index in [9.17, 15) is 19.2 Å². The molecule has 0 radical (unpaired) electrons. The first-order valence-electron chi connectivity index (χ1n) is 7.98. The molecule has 0 bridgehead atoms. The van der Waals surface area contributed by atoms with Crippen molar-refractivity contribution in [2.75, 3.05) is 25.1 Å². The van der Waals surface area contributed by atoms with Gasteiger partial charge in [0.2, 0.25) is 11.7 Å². The van der Waals surface area contributed by atoms with Crippen LogP contribution in [-0.2, 0) is 23.9 Å². The zero-order chi connectivity index (χ0) is 18.9. The van der Waals surface area contributed by atoms with Crippen LogP contribution in [0.3, 0.4) is 0 Å². The Morgan fingerprint density at radius 3 is 2.62 bits per heavy atom. The summed E-state index contributed by atoms with van der Waals surface area (Å²) >= 11 is 0. The largest absolute Gasteiger partial charge is 0.470 e. The Morgan fingerprint density at radius 1 is 1.19 bits per heavy atom. The van der Waals surface area contributed by atoms with Gasteiger partial charge < -0.3 is 20.1 Å². The molecule has 1 aliphatic heterocycles. The number of rotatable bonds is 7. The predicted molar refractivity (Wildman–Crippen MR) is 90.8 cm³/mol. The molecule has 0 saturated heterocycles. The molecule has 1 aromatic rings. The topological polar surface area (TPSA) is 123 Å². The van der Waals surface area contributed by atoms with Crippen LogP contribution in [-0.4, -0.2) is 43.4 Å². The molecule has 9 heteroatoms. The molecular formula is C17H19N3O6. The fourth-order valence-electron chi connectivity index (χ4n) is 2.02. The number of ketones is 1. The highest BCUT2D eigenvalue weighted by atomic mass is 16.5. The first-order chi connectivity index (χ1) is 12.5. The number of benzene rings is 1. The minimum absolute atomic E-state index is 0.0349. The molecule has 0 atom stereocenters. The number of hydrogen-bond acceptors (Lipinski definition) is 7. The van der Waals surface area contributed by atoms with Crippen molar-refractivity contribution in [3.8, 4) is 0 Å². The molecule has 0 spiro atoms. The van der Waals surface area contributed by atoms with E-state index in [0.29, 0.717) is 18.7 Å². The van der Waals surface area contributed by atoms with Crippen molar-refractivity contribution < 1.29 is 28.7 Å². The summed E-state index contributed by atoms with van der Waals surface area (Å²) in [4.78, 5) is 46.9. The van der Waals surface area contributed by atoms with Gasteiger partial charge in [0.05, 0.1) is 0 Å². The molecular weight excluding hydrogens is 342 g/mol. The monoisotopic (exact) mass is 361 g/mol. The first-order valence-corrected chi connectivity index (χ1v) is 7.98. The quantitative estimate of drug-likeness (QED) is 0.482. The van der Waals surface area contributed by atoms with Gasteiger partial charge in [-0.3, -0.25) is 14.9 Å². The number of para-hydroxylation sites is 1. The summed E-state index contributed by atoms with van der Waals surface area (Å²) in [5.74, 6) is -2.41. The SMILES string of the molecule is CCCNC(=O)NC(=O)COC(=O)C1=C(Nc2ccccc2)OCC1=O. The molecule has 1 aromatic carbocycles. The summed E-state index contributed by atoms with van der Waals surface area (Å²) in [5, 5.41) is 7.27. The summed E-state index contributed by atoms with van der Waals surface area (Å²) in [6, 6.07) is 8.12. The van der Waals surface area contributed by atoms with Crippen LogP contribution in [0.15, 0.2) is 41.8 Å². The van der Waals surface area contributed by atoms with Gasteiger partial charge >= 0.3 is 12.0 Å². The van der Waals surface area contributed by atoms with Crippen LogP contribution >= 0.6 is 0 Å². The highest BCUT2D eigenvalue weighted by Crippen LogP contribution is 2.20. The maximum Gasteiger partial charge on any atom is 0.347 e. The lowest BCUT2D eigenvalue weighted by atomic mass is 10.2. The Labute approximate surface area is 149 Å². The van der Waals surface area contributed by atoms with Crippen molar-refractivity contribution >= 4 is 29.4 Å². The lowest BCUT2D eigenvalue weighted by Crippen LogP contribution is -2.41. The minimum Gasteiger partial charge on any atom is -0.470 e. The van der Waals surface area contributed by atoms with Crippen LogP contribution < -0.4 is 16.0 Å². The average molecular weight is 361 g/mol. The lowest BCUT2D eigenvalue weighted by Gasteiger charge is -2.09. The molecule has 9 nitrogen and oxygen atoms in total. The van der Waals surface area contributed by atoms with E-state index in [1.54, 1.807) is 24.3 Å². The fourth-order valence-corrected chi connectivity index (χ4v) is 2.02. The molecule has 3 amide bonds. The zero-order valence-corrected chi connectivity index (χ0v) is 14.2. The number of carbonyl (C=O) groups is 4. The van der Waals surface area contributed by atoms with Crippen molar-refractivity contribution in [2.45, 2.75) is 13.3 Å². The van der Waals surface area contributed by atoms with Gasteiger partial charge in [0.25, 0.3) is 5.91 Å². The second kappa shape index (κ2) is 9.21. The van der Waals surface area contributed by atoms with Crippen LogP contribution in [0.5, 0.6) is 0 Å². The van der Waals surface area contributed by atoms with E-state index in [0.717, 1.165) is 0 Å². The number of amides is 3. The lowest BCUT2D eigenvalue weighted by molar-refractivity contribution is -0.145. The highest BCUT2D eigenvalue weighted by molar-refractivity contribution is 6.20. The van der Waals surface area contributed by atoms with E-state index >= 15 is 0 Å². The van der Waals surface area contributed by atoms with Crippen molar-refractivity contribution in [1.29, 1.82) is 0 Å². The van der Waals surface area contributed by atoms with E-state index in [1.807, 2.05) is 18.3 Å². The third-order valence-electron chi connectivity index (χ3n) is 3.21. The smallest absolute Gasteiger partial charge is 0.347 e. The molecule has 1 aliphatic rings. The van der Waals surface area contributed by atoms with Gasteiger partial charge in [-0.25, -0.2) is 9.59 Å². The van der Waals surface area contributed by atoms with E-state index in [2.05, 4.69) is 10.6 Å². The van der Waals surface area contributed by atoms with Crippen LogP contribution in [0.25, 0.3) is 0 Å². The van der Waals surface area contributed by atoms with Crippen molar-refractivity contribution in [2.24, 2.45) is 0 Å². The van der Waals surface area contributed by atoms with Crippen LogP contribution in [0.4, 0.5) is 10.5 Å². The maximum atomic E-state index is 12.1. The summed E-state index contributed by atoms with van der Waals surface area (Å²) < 4.78 is 9.97. The predicted octanol–water partition coefficient (Wildman–Crippen LogP) is 0.688. The number of urea groups is 1. The van der Waals surface area contributed by atoms with E-state index in [1.165, 1.54) is 0 Å². The fraction of sp³-hybridized carbons (Fsp3) is 0.294. The first kappa shape index (κ1) is 19.0. The number of ether oxygens (including phenoxy) is 2. The highest BCUT2D eigenvalue weighted by Gasteiger charge is 2.32. The second-order valence-electron chi connectivity index (χ2n) is 5.29. The summed E-state index contributed by atoms with van der Waals surface area (Å²) in [7, 11) is 0. The molecule has 0 fully saturated rings. The Hall–Kier alpha value is -3.36. The normalized spacial score (nSPS) is 13.0. The molecule has 0 aromatic heterocycles. The molecule has 1 heterocycles. The van der Waals surface area contributed by atoms with Crippen molar-refractivity contribution in [1.82, 2.24) is 10.6 Å². The average Bonchev–Trinajstić information content (AvgIpc) is 2.99. The molecule has 0 unspecified atom stereocenters. The second-order valence-corrected chi connectivity index (χ2v) is 5.29. The minimum atomic E-state index is -1.00. The van der Waals surface area contributed by atoms with Gasteiger partial charge in [0, 0.05) is 12.2 Å². The number of nitrogens with one attached hydrogen (secondary N) is 3. The maximum absolute atomic E-state index is 12.1. The number of hydrogen-bond donors (Lipinski definition) is 3. The third-order valence-corrected chi connectivity index (χ3v) is 3.21. The van der Waals surface area contributed by atoms with Crippen LogP contribution in [0.2, 0.25) is 0 Å². The zero-order valence-electron chi connectivity index (χ0n) is 14.2. The van der Waals surface area contributed by atoms with E-state index in [-0.39, 0.29) is 18.1 Å². The number of Topliss-reactive ketones (excluding diaryl/α,β-unsaturated/α-hetero) is 1. The molecule has 2 rings (SSSR count). The van der Waals surface area contributed by atoms with Gasteiger partial charge in [-0.2, -0.15) is 0 Å². The summed E-state index contributed by atoms with van der Waals surface area (Å²) in [6.07, 6.45) is 0.712. The standard InChI is InChI=1S/C17H19N3O6/c1-2-8-18-17(24)20-13(22)10-26-16(23)14-12(21)9-25-15(14)19-11-6-4-3-5-7-11/h3-7,19H,2,8-10H2,1H3,(H2,18,20,22,24). The van der Waals surface area contributed by atoms with Crippen molar-refractivity contribution in [3.05, 3.63) is 41.8 Å². The van der Waals surface area contributed by atoms with Crippen LogP contribution in [0.1, 0.15) is 13.3 Å². The molecule has 3 N–H and O–H groups in total. The van der Waals surface area contributed by atoms with Gasteiger partial charge in [-0.05, 0) is 18.6 Å². The Morgan fingerprint density at radius 2 is 1.92 bits per heavy atom. The van der Waals surface area contributed by atoms with E-state index < -0.39 is 30.3 Å². The van der Waals surface area contributed by atoms with Gasteiger partial charge in [-0.15, -0.1) is 0 Å².